The van der Waals surface area contributed by atoms with E-state index < -0.39 is 0 Å². The van der Waals surface area contributed by atoms with E-state index in [1.165, 1.54) is 43.8 Å². The van der Waals surface area contributed by atoms with E-state index in [2.05, 4.69) is 101 Å². The molecular weight excluding hydrogens is 340 g/mol. The van der Waals surface area contributed by atoms with Crippen LogP contribution in [0.5, 0.6) is 5.75 Å². The Kier molecular flexibility index (Phi) is 4.63. The van der Waals surface area contributed by atoms with Crippen LogP contribution >= 0.6 is 0 Å². The van der Waals surface area contributed by atoms with Crippen molar-refractivity contribution in [2.45, 2.75) is 46.6 Å². The van der Waals surface area contributed by atoms with E-state index in [1.807, 2.05) is 0 Å². The van der Waals surface area contributed by atoms with Crippen molar-refractivity contribution in [2.75, 3.05) is 0 Å². The zero-order chi connectivity index (χ0) is 19.9. The topological polar surface area (TPSA) is 9.23 Å². The number of hydrogen-bond donors (Lipinski definition) is 0. The minimum Gasteiger partial charge on any atom is -0.488 e. The van der Waals surface area contributed by atoms with E-state index in [0.29, 0.717) is 6.61 Å². The summed E-state index contributed by atoms with van der Waals surface area (Å²) in [5, 5.41) is 5.05. The van der Waals surface area contributed by atoms with Crippen LogP contribution in [0.25, 0.3) is 21.5 Å². The van der Waals surface area contributed by atoms with Crippen molar-refractivity contribution in [1.82, 2.24) is 0 Å². The predicted molar refractivity (Wildman–Crippen MR) is 120 cm³/mol. The molecule has 0 N–H and O–H groups in total. The van der Waals surface area contributed by atoms with E-state index >= 15 is 0 Å². The molecule has 0 fully saturated rings. The first-order valence-corrected chi connectivity index (χ1v) is 9.98. The molecule has 0 atom stereocenters. The fourth-order valence-electron chi connectivity index (χ4n) is 4.02. The third-order valence-electron chi connectivity index (χ3n) is 5.57. The van der Waals surface area contributed by atoms with Gasteiger partial charge in [-0.1, -0.05) is 81.4 Å². The van der Waals surface area contributed by atoms with Gasteiger partial charge in [0.1, 0.15) is 12.4 Å². The molecule has 4 aromatic rings. The Morgan fingerprint density at radius 3 is 1.71 bits per heavy atom. The number of rotatable bonds is 3. The fourth-order valence-corrected chi connectivity index (χ4v) is 4.02. The summed E-state index contributed by atoms with van der Waals surface area (Å²) in [6.45, 7) is 11.6. The second-order valence-corrected chi connectivity index (χ2v) is 8.78. The maximum atomic E-state index is 6.44. The zero-order valence-electron chi connectivity index (χ0n) is 17.5. The van der Waals surface area contributed by atoms with E-state index in [9.17, 15) is 0 Å². The van der Waals surface area contributed by atoms with Gasteiger partial charge in [-0.25, -0.2) is 0 Å². The summed E-state index contributed by atoms with van der Waals surface area (Å²) in [5.41, 5.74) is 5.15. The molecule has 4 rings (SSSR count). The molecule has 0 saturated heterocycles. The Bertz CT molecular complexity index is 1080. The summed E-state index contributed by atoms with van der Waals surface area (Å²) in [7, 11) is 0. The van der Waals surface area contributed by atoms with Crippen LogP contribution in [0.2, 0.25) is 0 Å². The Hall–Kier alpha value is -2.80. The highest BCUT2D eigenvalue weighted by atomic mass is 16.5. The Morgan fingerprint density at radius 1 is 0.714 bits per heavy atom. The van der Waals surface area contributed by atoms with Crippen molar-refractivity contribution < 1.29 is 4.74 Å². The Morgan fingerprint density at radius 2 is 1.21 bits per heavy atom. The third-order valence-corrected chi connectivity index (χ3v) is 5.57. The van der Waals surface area contributed by atoms with Crippen LogP contribution in [0.4, 0.5) is 0 Å². The van der Waals surface area contributed by atoms with Gasteiger partial charge >= 0.3 is 0 Å². The summed E-state index contributed by atoms with van der Waals surface area (Å²) in [6.07, 6.45) is 0. The number of fused-ring (bicyclic) bond motifs is 2. The Labute approximate surface area is 168 Å². The van der Waals surface area contributed by atoms with E-state index in [4.69, 9.17) is 4.74 Å². The first-order valence-electron chi connectivity index (χ1n) is 9.98. The third kappa shape index (κ3) is 3.38. The minimum atomic E-state index is 0.139. The van der Waals surface area contributed by atoms with Crippen molar-refractivity contribution >= 4 is 21.5 Å². The van der Waals surface area contributed by atoms with Gasteiger partial charge in [0.15, 0.2) is 0 Å². The maximum Gasteiger partial charge on any atom is 0.125 e. The summed E-state index contributed by atoms with van der Waals surface area (Å²) in [5.74, 6) is 1.00. The lowest BCUT2D eigenvalue weighted by atomic mass is 9.85. The molecule has 4 aromatic carbocycles. The van der Waals surface area contributed by atoms with Crippen molar-refractivity contribution in [3.8, 4) is 5.75 Å². The van der Waals surface area contributed by atoms with Crippen LogP contribution in [-0.4, -0.2) is 0 Å². The molecule has 0 aliphatic heterocycles. The number of hydrogen-bond acceptors (Lipinski definition) is 1. The molecule has 1 heteroatoms. The fraction of sp³-hybridized carbons (Fsp3) is 0.259. The predicted octanol–water partition coefficient (Wildman–Crippen LogP) is 7.49. The van der Waals surface area contributed by atoms with Crippen LogP contribution < -0.4 is 4.74 Å². The molecule has 0 amide bonds. The molecule has 0 heterocycles. The molecule has 28 heavy (non-hydrogen) atoms. The second kappa shape index (κ2) is 6.98. The van der Waals surface area contributed by atoms with Gasteiger partial charge in [-0.3, -0.25) is 0 Å². The maximum absolute atomic E-state index is 6.44. The van der Waals surface area contributed by atoms with E-state index in [1.54, 1.807) is 0 Å². The first kappa shape index (κ1) is 18.6. The smallest absolute Gasteiger partial charge is 0.125 e. The molecule has 1 nitrogen and oxygen atoms in total. The molecule has 0 bridgehead atoms. The number of ether oxygens (including phenoxy) is 1. The van der Waals surface area contributed by atoms with E-state index in [0.717, 1.165) is 5.75 Å². The van der Waals surface area contributed by atoms with Gasteiger partial charge in [-0.2, -0.15) is 0 Å². The summed E-state index contributed by atoms with van der Waals surface area (Å²) in [4.78, 5) is 0. The summed E-state index contributed by atoms with van der Waals surface area (Å²) in [6, 6.07) is 24.0. The lowest BCUT2D eigenvalue weighted by Crippen LogP contribution is -2.12. The van der Waals surface area contributed by atoms with Gasteiger partial charge in [0.25, 0.3) is 0 Å². The highest BCUT2D eigenvalue weighted by molar-refractivity contribution is 6.02. The van der Waals surface area contributed by atoms with Crippen molar-refractivity contribution in [2.24, 2.45) is 0 Å². The molecule has 0 aromatic heterocycles. The molecule has 0 saturated carbocycles. The van der Waals surface area contributed by atoms with Gasteiger partial charge in [0.2, 0.25) is 0 Å². The van der Waals surface area contributed by atoms with Gasteiger partial charge in [0, 0.05) is 5.56 Å². The highest BCUT2D eigenvalue weighted by Crippen LogP contribution is 2.33. The average molecular weight is 369 g/mol. The van der Waals surface area contributed by atoms with Gasteiger partial charge < -0.3 is 4.74 Å². The highest BCUT2D eigenvalue weighted by Gasteiger charge is 2.17. The van der Waals surface area contributed by atoms with Gasteiger partial charge in [-0.05, 0) is 63.6 Å². The molecular formula is C27H28O. The van der Waals surface area contributed by atoms with Crippen LogP contribution in [0.15, 0.2) is 66.7 Å². The summed E-state index contributed by atoms with van der Waals surface area (Å²) >= 11 is 0. The van der Waals surface area contributed by atoms with Crippen molar-refractivity contribution in [1.29, 1.82) is 0 Å². The molecule has 0 aliphatic carbocycles. The van der Waals surface area contributed by atoms with Crippen LogP contribution in [-0.2, 0) is 12.0 Å². The normalized spacial score (nSPS) is 11.9. The SMILES string of the molecule is Cc1cc(C(C)(C)C)cc(C)c1OCc1c2ccccc2cc2ccccc12. The Balaban J connectivity index is 1.77. The summed E-state index contributed by atoms with van der Waals surface area (Å²) < 4.78 is 6.44. The van der Waals surface area contributed by atoms with Crippen LogP contribution in [0.3, 0.4) is 0 Å². The number of aryl methyl sites for hydroxylation is 2. The quantitative estimate of drug-likeness (QED) is 0.340. The van der Waals surface area contributed by atoms with E-state index in [-0.39, 0.29) is 5.41 Å². The molecule has 0 aliphatic rings. The van der Waals surface area contributed by atoms with Gasteiger partial charge in [0.05, 0.1) is 0 Å². The molecule has 0 spiro atoms. The molecule has 0 unspecified atom stereocenters. The minimum absolute atomic E-state index is 0.139. The van der Waals surface area contributed by atoms with Crippen LogP contribution in [0.1, 0.15) is 43.0 Å². The average Bonchev–Trinajstić information content (AvgIpc) is 2.65. The van der Waals surface area contributed by atoms with Crippen molar-refractivity contribution in [3.63, 3.8) is 0 Å². The van der Waals surface area contributed by atoms with Crippen LogP contribution in [0, 0.1) is 13.8 Å². The largest absolute Gasteiger partial charge is 0.488 e. The monoisotopic (exact) mass is 368 g/mol. The second-order valence-electron chi connectivity index (χ2n) is 8.78. The lowest BCUT2D eigenvalue weighted by molar-refractivity contribution is 0.304. The lowest BCUT2D eigenvalue weighted by Gasteiger charge is -2.22. The van der Waals surface area contributed by atoms with Gasteiger partial charge in [-0.15, -0.1) is 0 Å². The number of benzene rings is 4. The first-order chi connectivity index (χ1) is 13.3. The van der Waals surface area contributed by atoms with Crippen molar-refractivity contribution in [3.05, 3.63) is 89.0 Å². The standard InChI is InChI=1S/C27H28O/c1-18-14-22(27(3,4)5)15-19(2)26(18)28-17-25-23-12-8-6-10-20(23)16-21-11-7-9-13-24(21)25/h6-16H,17H2,1-5H3. The zero-order valence-corrected chi connectivity index (χ0v) is 17.5. The molecule has 142 valence electrons. The molecule has 0 radical (unpaired) electrons.